The minimum Gasteiger partial charge on any atom is -0.348 e. The van der Waals surface area contributed by atoms with Crippen molar-refractivity contribution >= 4 is 21.8 Å². The molecule has 1 aromatic carbocycles. The first-order chi connectivity index (χ1) is 7.18. The molecule has 4 heteroatoms. The van der Waals surface area contributed by atoms with Crippen LogP contribution < -0.4 is 11.1 Å². The molecule has 2 rings (SSSR count). The summed E-state index contributed by atoms with van der Waals surface area (Å²) in [6.45, 7) is 0. The first-order valence-electron chi connectivity index (χ1n) is 4.98. The van der Waals surface area contributed by atoms with Crippen molar-refractivity contribution in [2.45, 2.75) is 24.9 Å². The maximum atomic E-state index is 11.3. The quantitative estimate of drug-likeness (QED) is 0.815. The number of carbonyl (C=O) groups excluding carboxylic acids is 1. The van der Waals surface area contributed by atoms with E-state index in [2.05, 4.69) is 21.2 Å². The maximum absolute atomic E-state index is 11.3. The predicted octanol–water partition coefficient (Wildman–Crippen LogP) is 1.73. The Hall–Kier alpha value is -0.870. The molecular formula is C11H13BrN2O. The van der Waals surface area contributed by atoms with E-state index in [9.17, 15) is 4.79 Å². The first-order valence-corrected chi connectivity index (χ1v) is 5.77. The van der Waals surface area contributed by atoms with Gasteiger partial charge >= 0.3 is 0 Å². The Kier molecular flexibility index (Phi) is 3.07. The average Bonchev–Trinajstić information content (AvgIpc) is 2.23. The van der Waals surface area contributed by atoms with Gasteiger partial charge in [-0.05, 0) is 18.1 Å². The molecule has 15 heavy (non-hydrogen) atoms. The number of rotatable bonds is 1. The topological polar surface area (TPSA) is 55.1 Å². The summed E-state index contributed by atoms with van der Waals surface area (Å²) in [5.41, 5.74) is 7.06. The maximum Gasteiger partial charge on any atom is 0.220 e. The molecule has 1 heterocycles. The Balaban J connectivity index is 2.29. The molecule has 0 saturated carbocycles. The summed E-state index contributed by atoms with van der Waals surface area (Å²) < 4.78 is 0.993. The Morgan fingerprint density at radius 1 is 1.40 bits per heavy atom. The second-order valence-electron chi connectivity index (χ2n) is 3.77. The highest BCUT2D eigenvalue weighted by Crippen LogP contribution is 2.28. The lowest BCUT2D eigenvalue weighted by molar-refractivity contribution is -0.123. The number of amides is 1. The lowest BCUT2D eigenvalue weighted by Crippen LogP contribution is -2.45. The van der Waals surface area contributed by atoms with Crippen LogP contribution in [-0.2, 0) is 4.79 Å². The van der Waals surface area contributed by atoms with E-state index in [1.807, 2.05) is 24.3 Å². The number of hydrogen-bond donors (Lipinski definition) is 2. The minimum absolute atomic E-state index is 0.00130. The molecule has 0 bridgehead atoms. The van der Waals surface area contributed by atoms with Gasteiger partial charge in [0.25, 0.3) is 0 Å². The third kappa shape index (κ3) is 2.21. The number of benzene rings is 1. The summed E-state index contributed by atoms with van der Waals surface area (Å²) in [6, 6.07) is 7.78. The molecule has 1 aromatic rings. The van der Waals surface area contributed by atoms with Crippen LogP contribution in [-0.4, -0.2) is 11.9 Å². The van der Waals surface area contributed by atoms with E-state index in [0.717, 1.165) is 16.5 Å². The normalized spacial score (nSPS) is 26.1. The SMILES string of the molecule is NC1CCC(=O)NC1c1ccccc1Br. The molecule has 0 radical (unpaired) electrons. The van der Waals surface area contributed by atoms with Crippen molar-refractivity contribution in [2.24, 2.45) is 5.73 Å². The highest BCUT2D eigenvalue weighted by molar-refractivity contribution is 9.10. The molecule has 1 aliphatic rings. The molecule has 0 spiro atoms. The third-order valence-electron chi connectivity index (χ3n) is 2.69. The van der Waals surface area contributed by atoms with E-state index in [1.54, 1.807) is 0 Å². The second-order valence-corrected chi connectivity index (χ2v) is 4.62. The minimum atomic E-state index is -0.0678. The highest BCUT2D eigenvalue weighted by Gasteiger charge is 2.27. The fourth-order valence-corrected chi connectivity index (χ4v) is 2.38. The van der Waals surface area contributed by atoms with Crippen LogP contribution in [0.1, 0.15) is 24.4 Å². The van der Waals surface area contributed by atoms with Crippen molar-refractivity contribution in [1.29, 1.82) is 0 Å². The Bertz CT molecular complexity index is 381. The van der Waals surface area contributed by atoms with Gasteiger partial charge in [-0.3, -0.25) is 4.79 Å². The van der Waals surface area contributed by atoms with Crippen LogP contribution in [0.15, 0.2) is 28.7 Å². The Morgan fingerprint density at radius 3 is 2.87 bits per heavy atom. The fourth-order valence-electron chi connectivity index (χ4n) is 1.85. The van der Waals surface area contributed by atoms with Gasteiger partial charge in [-0.2, -0.15) is 0 Å². The number of carbonyl (C=O) groups is 1. The van der Waals surface area contributed by atoms with Crippen molar-refractivity contribution in [3.8, 4) is 0 Å². The first kappa shape index (κ1) is 10.6. The largest absolute Gasteiger partial charge is 0.348 e. The summed E-state index contributed by atoms with van der Waals surface area (Å²) in [7, 11) is 0. The van der Waals surface area contributed by atoms with Crippen LogP contribution in [0, 0.1) is 0 Å². The number of nitrogens with two attached hydrogens (primary N) is 1. The zero-order valence-electron chi connectivity index (χ0n) is 8.24. The van der Waals surface area contributed by atoms with E-state index in [1.165, 1.54) is 0 Å². The third-order valence-corrected chi connectivity index (χ3v) is 3.41. The predicted molar refractivity (Wildman–Crippen MR) is 62.2 cm³/mol. The summed E-state index contributed by atoms with van der Waals surface area (Å²) in [5, 5.41) is 2.93. The molecular weight excluding hydrogens is 256 g/mol. The van der Waals surface area contributed by atoms with Gasteiger partial charge in [-0.1, -0.05) is 34.1 Å². The van der Waals surface area contributed by atoms with Crippen molar-refractivity contribution in [3.63, 3.8) is 0 Å². The Labute approximate surface area is 97.2 Å². The molecule has 1 saturated heterocycles. The van der Waals surface area contributed by atoms with Gasteiger partial charge in [-0.25, -0.2) is 0 Å². The summed E-state index contributed by atoms with van der Waals surface area (Å²) in [6.07, 6.45) is 1.28. The van der Waals surface area contributed by atoms with E-state index in [4.69, 9.17) is 5.73 Å². The summed E-state index contributed by atoms with van der Waals surface area (Å²) >= 11 is 3.47. The van der Waals surface area contributed by atoms with Crippen LogP contribution in [0.5, 0.6) is 0 Å². The number of hydrogen-bond acceptors (Lipinski definition) is 2. The zero-order valence-corrected chi connectivity index (χ0v) is 9.83. The van der Waals surface area contributed by atoms with E-state index in [-0.39, 0.29) is 18.0 Å². The Morgan fingerprint density at radius 2 is 2.13 bits per heavy atom. The molecule has 2 unspecified atom stereocenters. The lowest BCUT2D eigenvalue weighted by Gasteiger charge is -2.30. The van der Waals surface area contributed by atoms with Gasteiger partial charge in [-0.15, -0.1) is 0 Å². The number of piperidine rings is 1. The molecule has 0 aromatic heterocycles. The molecule has 0 aliphatic carbocycles. The smallest absolute Gasteiger partial charge is 0.220 e. The molecule has 80 valence electrons. The fraction of sp³-hybridized carbons (Fsp3) is 0.364. The van der Waals surface area contributed by atoms with E-state index >= 15 is 0 Å². The van der Waals surface area contributed by atoms with Crippen molar-refractivity contribution in [2.75, 3.05) is 0 Å². The monoisotopic (exact) mass is 268 g/mol. The average molecular weight is 269 g/mol. The molecule has 1 amide bonds. The van der Waals surface area contributed by atoms with Crippen LogP contribution in [0.25, 0.3) is 0 Å². The van der Waals surface area contributed by atoms with Gasteiger partial charge in [0.15, 0.2) is 0 Å². The standard InChI is InChI=1S/C11H13BrN2O/c12-8-4-2-1-3-7(8)11-9(13)5-6-10(15)14-11/h1-4,9,11H,5-6,13H2,(H,14,15). The molecule has 3 nitrogen and oxygen atoms in total. The van der Waals surface area contributed by atoms with Gasteiger partial charge in [0.1, 0.15) is 0 Å². The highest BCUT2D eigenvalue weighted by atomic mass is 79.9. The van der Waals surface area contributed by atoms with Crippen LogP contribution in [0.2, 0.25) is 0 Å². The van der Waals surface area contributed by atoms with Crippen molar-refractivity contribution in [1.82, 2.24) is 5.32 Å². The van der Waals surface area contributed by atoms with Crippen LogP contribution in [0.4, 0.5) is 0 Å². The molecule has 1 fully saturated rings. The molecule has 3 N–H and O–H groups in total. The second kappa shape index (κ2) is 4.33. The van der Waals surface area contributed by atoms with Gasteiger partial charge in [0.05, 0.1) is 6.04 Å². The number of nitrogens with one attached hydrogen (secondary N) is 1. The van der Waals surface area contributed by atoms with Crippen LogP contribution >= 0.6 is 15.9 Å². The number of halogens is 1. The lowest BCUT2D eigenvalue weighted by atomic mass is 9.93. The van der Waals surface area contributed by atoms with E-state index in [0.29, 0.717) is 6.42 Å². The molecule has 1 aliphatic heterocycles. The van der Waals surface area contributed by atoms with Crippen molar-refractivity contribution < 1.29 is 4.79 Å². The van der Waals surface area contributed by atoms with Gasteiger partial charge in [0.2, 0.25) is 5.91 Å². The molecule has 2 atom stereocenters. The zero-order chi connectivity index (χ0) is 10.8. The van der Waals surface area contributed by atoms with Crippen LogP contribution in [0.3, 0.4) is 0 Å². The van der Waals surface area contributed by atoms with Gasteiger partial charge in [0, 0.05) is 16.9 Å². The van der Waals surface area contributed by atoms with Crippen molar-refractivity contribution in [3.05, 3.63) is 34.3 Å². The van der Waals surface area contributed by atoms with Gasteiger partial charge < -0.3 is 11.1 Å². The summed E-state index contributed by atoms with van der Waals surface area (Å²) in [4.78, 5) is 11.3. The van der Waals surface area contributed by atoms with E-state index < -0.39 is 0 Å². The summed E-state index contributed by atoms with van der Waals surface area (Å²) in [5.74, 6) is 0.0810.